The summed E-state index contributed by atoms with van der Waals surface area (Å²) >= 11 is 0. The molecule has 8 nitrogen and oxygen atoms in total. The van der Waals surface area contributed by atoms with Crippen molar-refractivity contribution >= 4 is 6.29 Å². The lowest BCUT2D eigenvalue weighted by molar-refractivity contribution is -0.108. The molecule has 8 heteroatoms. The van der Waals surface area contributed by atoms with Gasteiger partial charge in [0.25, 0.3) is 0 Å². The van der Waals surface area contributed by atoms with Crippen LogP contribution in [0.5, 0.6) is 0 Å². The second kappa shape index (κ2) is 23.4. The number of carbonyl (C=O) groups is 1. The van der Waals surface area contributed by atoms with Gasteiger partial charge in [-0.3, -0.25) is 0 Å². The first-order valence-corrected chi connectivity index (χ1v) is 20.0. The van der Waals surface area contributed by atoms with E-state index < -0.39 is 0 Å². The summed E-state index contributed by atoms with van der Waals surface area (Å²) in [6.07, 6.45) is 15.8. The van der Waals surface area contributed by atoms with Gasteiger partial charge >= 0.3 is 0 Å². The number of aromatic amines is 1. The van der Waals surface area contributed by atoms with Crippen molar-refractivity contribution in [3.63, 3.8) is 0 Å². The zero-order valence-corrected chi connectivity index (χ0v) is 34.3. The van der Waals surface area contributed by atoms with Gasteiger partial charge in [-0.15, -0.1) is 6.58 Å². The van der Waals surface area contributed by atoms with Crippen molar-refractivity contribution in [3.05, 3.63) is 212 Å². The lowest BCUT2D eigenvalue weighted by Gasteiger charge is -2.18. The highest BCUT2D eigenvalue weighted by Gasteiger charge is 2.16. The predicted molar refractivity (Wildman–Crippen MR) is 243 cm³/mol. The van der Waals surface area contributed by atoms with Gasteiger partial charge in [-0.25, -0.2) is 15.0 Å². The van der Waals surface area contributed by atoms with E-state index in [9.17, 15) is 4.79 Å². The van der Waals surface area contributed by atoms with E-state index in [1.54, 1.807) is 6.20 Å². The summed E-state index contributed by atoms with van der Waals surface area (Å²) in [6.45, 7) is 9.76. The van der Waals surface area contributed by atoms with E-state index in [1.165, 1.54) is 29.3 Å². The lowest BCUT2D eigenvalue weighted by Crippen LogP contribution is -2.10. The second-order valence-corrected chi connectivity index (χ2v) is 14.0. The topological polar surface area (TPSA) is 107 Å². The van der Waals surface area contributed by atoms with Crippen LogP contribution in [0.3, 0.4) is 0 Å². The van der Waals surface area contributed by atoms with Crippen molar-refractivity contribution in [2.45, 2.75) is 51.6 Å². The van der Waals surface area contributed by atoms with Crippen LogP contribution in [0.15, 0.2) is 189 Å². The first-order chi connectivity index (χ1) is 29.0. The smallest absolute Gasteiger partial charge is 0.139 e. The van der Waals surface area contributed by atoms with E-state index in [0.29, 0.717) is 12.3 Å². The van der Waals surface area contributed by atoms with E-state index in [0.717, 1.165) is 60.0 Å². The normalized spacial score (nSPS) is 11.3. The number of H-pyrrole nitrogens is 1. The Morgan fingerprint density at radius 1 is 0.576 bits per heavy atom. The maximum absolute atomic E-state index is 11.1. The summed E-state index contributed by atoms with van der Waals surface area (Å²) in [4.78, 5) is 27.3. The Morgan fingerprint density at radius 3 is 1.39 bits per heavy atom. The van der Waals surface area contributed by atoms with Crippen LogP contribution < -0.4 is 5.73 Å². The quantitative estimate of drug-likeness (QED) is 0.0895. The van der Waals surface area contributed by atoms with Crippen molar-refractivity contribution in [3.8, 4) is 34.2 Å². The molecule has 8 aromatic rings. The summed E-state index contributed by atoms with van der Waals surface area (Å²) in [5.41, 5.74) is 12.9. The molecule has 0 amide bonds. The molecule has 0 saturated heterocycles. The molecule has 5 aromatic carbocycles. The number of benzene rings is 5. The number of hydrogen-bond acceptors (Lipinski definition) is 5. The molecule has 300 valence electrons. The molecule has 0 aliphatic heterocycles. The fourth-order valence-corrected chi connectivity index (χ4v) is 6.73. The van der Waals surface area contributed by atoms with E-state index in [4.69, 9.17) is 0 Å². The van der Waals surface area contributed by atoms with Crippen LogP contribution in [-0.2, 0) is 17.9 Å². The zero-order chi connectivity index (χ0) is 41.7. The maximum atomic E-state index is 11.1. The monoisotopic (exact) mass is 781 g/mol. The van der Waals surface area contributed by atoms with Crippen LogP contribution in [-0.4, -0.2) is 42.4 Å². The highest BCUT2D eigenvalue weighted by Crippen LogP contribution is 2.27. The summed E-state index contributed by atoms with van der Waals surface area (Å²) in [6, 6.07) is 47.7. The highest BCUT2D eigenvalue weighted by atomic mass is 16.1. The number of hydrogen-bond donors (Lipinski definition) is 2. The van der Waals surface area contributed by atoms with Crippen molar-refractivity contribution < 1.29 is 4.79 Å². The first kappa shape index (κ1) is 43.2. The Kier molecular flexibility index (Phi) is 17.1. The number of aldehydes is 1. The molecule has 2 atom stereocenters. The fourth-order valence-electron chi connectivity index (χ4n) is 6.73. The Balaban J connectivity index is 0.000000174. The molecule has 0 aliphatic carbocycles. The third kappa shape index (κ3) is 12.8. The maximum Gasteiger partial charge on any atom is 0.139 e. The Morgan fingerprint density at radius 2 is 1.00 bits per heavy atom. The highest BCUT2D eigenvalue weighted by molar-refractivity contribution is 5.57. The summed E-state index contributed by atoms with van der Waals surface area (Å²) < 4.78 is 4.37. The van der Waals surface area contributed by atoms with Gasteiger partial charge in [-0.05, 0) is 38.4 Å². The van der Waals surface area contributed by atoms with Crippen molar-refractivity contribution in [1.82, 2.24) is 29.1 Å². The minimum absolute atomic E-state index is 0.157. The van der Waals surface area contributed by atoms with E-state index in [1.807, 2.05) is 85.5 Å². The average molecular weight is 782 g/mol. The first-order valence-electron chi connectivity index (χ1n) is 20.0. The molecule has 59 heavy (non-hydrogen) atoms. The lowest BCUT2D eigenvalue weighted by atomic mass is 9.94. The van der Waals surface area contributed by atoms with Crippen LogP contribution in [0.1, 0.15) is 46.9 Å². The SMILES string of the molecule is C=CC[C@H](Cn1ccnc1-c1ccccc1)c1ccc(C)cc1.CN.Cc1ccc([C@H](CC=O)Cn2ccnc2-c2ccccc2)cc1.c1ccc(-c2ncc[nH]2)cc1. The van der Waals surface area contributed by atoms with Gasteiger partial charge in [0.15, 0.2) is 0 Å². The van der Waals surface area contributed by atoms with Crippen LogP contribution in [0.2, 0.25) is 0 Å². The molecule has 0 spiro atoms. The minimum Gasteiger partial charge on any atom is -0.345 e. The zero-order valence-electron chi connectivity index (χ0n) is 34.3. The van der Waals surface area contributed by atoms with Crippen LogP contribution >= 0.6 is 0 Å². The second-order valence-electron chi connectivity index (χ2n) is 14.0. The summed E-state index contributed by atoms with van der Waals surface area (Å²) in [7, 11) is 1.50. The predicted octanol–water partition coefficient (Wildman–Crippen LogP) is 11.1. The molecule has 0 fully saturated rings. The van der Waals surface area contributed by atoms with Crippen molar-refractivity contribution in [1.29, 1.82) is 0 Å². The van der Waals surface area contributed by atoms with Gasteiger partial charge in [-0.2, -0.15) is 0 Å². The van der Waals surface area contributed by atoms with Gasteiger partial charge in [0, 0.05) is 85.2 Å². The molecule has 3 heterocycles. The third-order valence-corrected chi connectivity index (χ3v) is 9.80. The molecule has 3 aromatic heterocycles. The van der Waals surface area contributed by atoms with Crippen LogP contribution in [0.4, 0.5) is 0 Å². The molecule has 0 radical (unpaired) electrons. The van der Waals surface area contributed by atoms with Crippen LogP contribution in [0.25, 0.3) is 34.2 Å². The van der Waals surface area contributed by atoms with Gasteiger partial charge in [0.05, 0.1) is 0 Å². The molecule has 0 aliphatic rings. The van der Waals surface area contributed by atoms with Gasteiger partial charge in [-0.1, -0.05) is 157 Å². The van der Waals surface area contributed by atoms with Gasteiger partial charge in [0.2, 0.25) is 0 Å². The summed E-state index contributed by atoms with van der Waals surface area (Å²) in [5, 5.41) is 0. The molecule has 8 rings (SSSR count). The van der Waals surface area contributed by atoms with E-state index in [2.05, 4.69) is 146 Å². The van der Waals surface area contributed by atoms with Gasteiger partial charge in [0.1, 0.15) is 23.8 Å². The van der Waals surface area contributed by atoms with Crippen LogP contribution in [0, 0.1) is 13.8 Å². The molecular weight excluding hydrogens is 727 g/mol. The summed E-state index contributed by atoms with van der Waals surface area (Å²) in [5.74, 6) is 3.44. The molecule has 0 saturated carbocycles. The number of nitrogens with two attached hydrogens (primary N) is 1. The fraction of sp³-hybridized carbons (Fsp3) is 0.176. The number of aromatic nitrogens is 6. The number of aryl methyl sites for hydroxylation is 2. The number of nitrogens with one attached hydrogen (secondary N) is 1. The molecule has 0 bridgehead atoms. The Bertz CT molecular complexity index is 2210. The van der Waals surface area contributed by atoms with Crippen molar-refractivity contribution in [2.24, 2.45) is 5.73 Å². The Labute approximate surface area is 349 Å². The number of rotatable bonds is 13. The van der Waals surface area contributed by atoms with Crippen molar-refractivity contribution in [2.75, 3.05) is 7.05 Å². The number of allylic oxidation sites excluding steroid dienone is 1. The number of nitrogens with zero attached hydrogens (tertiary/aromatic N) is 5. The van der Waals surface area contributed by atoms with E-state index >= 15 is 0 Å². The Hall–Kier alpha value is -6.90. The molecule has 0 unspecified atom stereocenters. The van der Waals surface area contributed by atoms with E-state index in [-0.39, 0.29) is 5.92 Å². The van der Waals surface area contributed by atoms with Gasteiger partial charge < -0.3 is 24.6 Å². The number of carbonyl (C=O) groups excluding carboxylic acids is 1. The number of imidazole rings is 3. The average Bonchev–Trinajstić information content (AvgIpc) is 4.10. The standard InChI is InChI=1S/C21H22N2.C20H20N2O.C9H8N2.CH5N/c1-3-7-20(18-12-10-17(2)11-13-18)16-23-15-14-22-21(23)19-8-5-4-6-9-19;1-16-7-9-17(10-8-16)19(11-14-23)15-22-13-12-21-20(22)18-5-3-2-4-6-18;1-2-4-8(5-3-1)9-10-6-7-11-9;1-2/h3-6,8-15,20H,1,7,16H2,2H3;2-10,12-14,19H,11,15H2,1H3;1-7H,(H,10,11);2H2,1H3/t20-;19-;;/m11../s1. The molecular formula is C51H55N7O. The third-order valence-electron chi connectivity index (χ3n) is 9.80. The molecule has 3 N–H and O–H groups in total. The minimum atomic E-state index is 0.157. The largest absolute Gasteiger partial charge is 0.345 e.